The molecule has 0 aromatic carbocycles. The van der Waals surface area contributed by atoms with Crippen molar-refractivity contribution in [2.75, 3.05) is 5.32 Å². The third-order valence-corrected chi connectivity index (χ3v) is 3.58. The quantitative estimate of drug-likeness (QED) is 0.782. The smallest absolute Gasteiger partial charge is 0.295 e. The lowest BCUT2D eigenvalue weighted by atomic mass is 10.2. The minimum Gasteiger partial charge on any atom is -0.350 e. The standard InChI is InChI=1S/C16H17N5O2/c1-3-11(2)21-15(7-9-18-21)19-16(22)14-10-13(20-23-14)12-6-4-5-8-17-12/h4-11H,3H2,1-2H3,(H,19,22)/t11-/m1/s1. The minimum atomic E-state index is -0.371. The zero-order valence-corrected chi connectivity index (χ0v) is 12.9. The maximum Gasteiger partial charge on any atom is 0.295 e. The summed E-state index contributed by atoms with van der Waals surface area (Å²) in [6.07, 6.45) is 4.23. The average Bonchev–Trinajstić information content (AvgIpc) is 3.24. The van der Waals surface area contributed by atoms with E-state index in [4.69, 9.17) is 4.52 Å². The van der Waals surface area contributed by atoms with Crippen LogP contribution in [0.3, 0.4) is 0 Å². The van der Waals surface area contributed by atoms with Crippen LogP contribution >= 0.6 is 0 Å². The molecule has 3 aromatic rings. The topological polar surface area (TPSA) is 85.8 Å². The van der Waals surface area contributed by atoms with Crippen molar-refractivity contribution in [3.05, 3.63) is 48.5 Å². The SMILES string of the molecule is CC[C@@H](C)n1nccc1NC(=O)c1cc(-c2ccccn2)no1. The van der Waals surface area contributed by atoms with E-state index < -0.39 is 0 Å². The van der Waals surface area contributed by atoms with E-state index in [1.54, 1.807) is 35.3 Å². The fraction of sp³-hybridized carbons (Fsp3) is 0.250. The highest BCUT2D eigenvalue weighted by Gasteiger charge is 2.17. The largest absolute Gasteiger partial charge is 0.350 e. The molecule has 1 amide bonds. The second kappa shape index (κ2) is 6.43. The molecule has 23 heavy (non-hydrogen) atoms. The van der Waals surface area contributed by atoms with Gasteiger partial charge in [-0.3, -0.25) is 9.78 Å². The second-order valence-corrected chi connectivity index (χ2v) is 5.16. The molecule has 0 fully saturated rings. The summed E-state index contributed by atoms with van der Waals surface area (Å²) in [5, 5.41) is 10.9. The zero-order chi connectivity index (χ0) is 16.2. The van der Waals surface area contributed by atoms with E-state index in [1.165, 1.54) is 0 Å². The Morgan fingerprint density at radius 1 is 1.30 bits per heavy atom. The summed E-state index contributed by atoms with van der Waals surface area (Å²) in [5.74, 6) is 0.382. The first-order valence-electron chi connectivity index (χ1n) is 7.42. The van der Waals surface area contributed by atoms with E-state index in [9.17, 15) is 4.79 Å². The molecule has 1 N–H and O–H groups in total. The molecule has 7 nitrogen and oxygen atoms in total. The summed E-state index contributed by atoms with van der Waals surface area (Å²) in [6.45, 7) is 4.10. The Balaban J connectivity index is 1.77. The first-order chi connectivity index (χ1) is 11.2. The number of pyridine rings is 1. The molecule has 0 aliphatic carbocycles. The van der Waals surface area contributed by atoms with Crippen LogP contribution in [0.1, 0.15) is 36.9 Å². The summed E-state index contributed by atoms with van der Waals surface area (Å²) in [5.41, 5.74) is 1.17. The van der Waals surface area contributed by atoms with Crippen molar-refractivity contribution in [1.82, 2.24) is 19.9 Å². The molecular weight excluding hydrogens is 294 g/mol. The summed E-state index contributed by atoms with van der Waals surface area (Å²) in [6, 6.07) is 8.98. The fourth-order valence-electron chi connectivity index (χ4n) is 2.13. The number of anilines is 1. The molecule has 1 atom stereocenters. The molecule has 3 aromatic heterocycles. The van der Waals surface area contributed by atoms with Gasteiger partial charge in [-0.2, -0.15) is 5.10 Å². The number of hydrogen-bond acceptors (Lipinski definition) is 5. The first kappa shape index (κ1) is 15.0. The van der Waals surface area contributed by atoms with Gasteiger partial charge in [0.2, 0.25) is 5.76 Å². The molecule has 0 unspecified atom stereocenters. The molecule has 3 rings (SSSR count). The Hall–Kier alpha value is -2.96. The third kappa shape index (κ3) is 3.13. The van der Waals surface area contributed by atoms with Crippen LogP contribution in [0.5, 0.6) is 0 Å². The third-order valence-electron chi connectivity index (χ3n) is 3.58. The van der Waals surface area contributed by atoms with Crippen LogP contribution in [0.15, 0.2) is 47.2 Å². The van der Waals surface area contributed by atoms with Gasteiger partial charge < -0.3 is 9.84 Å². The number of amides is 1. The maximum atomic E-state index is 12.3. The normalized spacial score (nSPS) is 12.1. The predicted octanol–water partition coefficient (Wildman–Crippen LogP) is 3.16. The molecule has 0 radical (unpaired) electrons. The highest BCUT2D eigenvalue weighted by Crippen LogP contribution is 2.19. The minimum absolute atomic E-state index is 0.127. The monoisotopic (exact) mass is 311 g/mol. The van der Waals surface area contributed by atoms with Gasteiger partial charge in [0.15, 0.2) is 0 Å². The Bertz CT molecular complexity index is 794. The lowest BCUT2D eigenvalue weighted by molar-refractivity contribution is 0.0987. The Morgan fingerprint density at radius 2 is 2.17 bits per heavy atom. The predicted molar refractivity (Wildman–Crippen MR) is 84.9 cm³/mol. The molecule has 0 aliphatic rings. The van der Waals surface area contributed by atoms with Crippen LogP contribution in [-0.4, -0.2) is 25.8 Å². The van der Waals surface area contributed by atoms with Gasteiger partial charge >= 0.3 is 0 Å². The molecule has 0 spiro atoms. The van der Waals surface area contributed by atoms with Gasteiger partial charge in [-0.05, 0) is 25.5 Å². The number of hydrogen-bond donors (Lipinski definition) is 1. The van der Waals surface area contributed by atoms with Gasteiger partial charge in [0.25, 0.3) is 5.91 Å². The van der Waals surface area contributed by atoms with Crippen molar-refractivity contribution in [1.29, 1.82) is 0 Å². The van der Waals surface area contributed by atoms with Crippen LogP contribution in [0.25, 0.3) is 11.4 Å². The van der Waals surface area contributed by atoms with E-state index in [1.807, 2.05) is 19.1 Å². The lowest BCUT2D eigenvalue weighted by Crippen LogP contribution is -2.17. The second-order valence-electron chi connectivity index (χ2n) is 5.16. The number of rotatable bonds is 5. The van der Waals surface area contributed by atoms with E-state index >= 15 is 0 Å². The average molecular weight is 311 g/mol. The van der Waals surface area contributed by atoms with Gasteiger partial charge in [0.1, 0.15) is 11.5 Å². The van der Waals surface area contributed by atoms with Crippen LogP contribution in [0.4, 0.5) is 5.82 Å². The summed E-state index contributed by atoms with van der Waals surface area (Å²) in [4.78, 5) is 16.5. The van der Waals surface area contributed by atoms with Gasteiger partial charge in [0, 0.05) is 18.3 Å². The van der Waals surface area contributed by atoms with Crippen molar-refractivity contribution < 1.29 is 9.32 Å². The number of carbonyl (C=O) groups excluding carboxylic acids is 1. The number of aromatic nitrogens is 4. The van der Waals surface area contributed by atoms with Crippen LogP contribution in [0.2, 0.25) is 0 Å². The summed E-state index contributed by atoms with van der Waals surface area (Å²) < 4.78 is 6.90. The number of nitrogens with zero attached hydrogens (tertiary/aromatic N) is 4. The van der Waals surface area contributed by atoms with Crippen molar-refractivity contribution in [3.63, 3.8) is 0 Å². The number of carbonyl (C=O) groups is 1. The Labute approximate surface area is 133 Å². The molecular formula is C16H17N5O2. The van der Waals surface area contributed by atoms with Gasteiger partial charge in [-0.1, -0.05) is 18.1 Å². The van der Waals surface area contributed by atoms with Crippen LogP contribution < -0.4 is 5.32 Å². The Kier molecular flexibility index (Phi) is 4.18. The van der Waals surface area contributed by atoms with E-state index in [2.05, 4.69) is 27.5 Å². The van der Waals surface area contributed by atoms with Crippen LogP contribution in [0, 0.1) is 0 Å². The van der Waals surface area contributed by atoms with E-state index in [-0.39, 0.29) is 17.7 Å². The zero-order valence-electron chi connectivity index (χ0n) is 12.9. The fourth-order valence-corrected chi connectivity index (χ4v) is 2.13. The highest BCUT2D eigenvalue weighted by atomic mass is 16.5. The molecule has 0 bridgehead atoms. The van der Waals surface area contributed by atoms with Crippen molar-refractivity contribution in [3.8, 4) is 11.4 Å². The number of nitrogens with one attached hydrogen (secondary N) is 1. The van der Waals surface area contributed by atoms with E-state index in [0.717, 1.165) is 6.42 Å². The van der Waals surface area contributed by atoms with E-state index in [0.29, 0.717) is 17.2 Å². The van der Waals surface area contributed by atoms with Gasteiger partial charge in [0.05, 0.1) is 17.9 Å². The lowest BCUT2D eigenvalue weighted by Gasteiger charge is -2.13. The maximum absolute atomic E-state index is 12.3. The Morgan fingerprint density at radius 3 is 2.91 bits per heavy atom. The summed E-state index contributed by atoms with van der Waals surface area (Å²) >= 11 is 0. The molecule has 118 valence electrons. The van der Waals surface area contributed by atoms with Gasteiger partial charge in [-0.25, -0.2) is 4.68 Å². The molecule has 7 heteroatoms. The summed E-state index contributed by atoms with van der Waals surface area (Å²) in [7, 11) is 0. The molecule has 0 aliphatic heterocycles. The molecule has 3 heterocycles. The van der Waals surface area contributed by atoms with Crippen LogP contribution in [-0.2, 0) is 0 Å². The molecule has 0 saturated carbocycles. The first-order valence-corrected chi connectivity index (χ1v) is 7.42. The van der Waals surface area contributed by atoms with Crippen molar-refractivity contribution in [2.45, 2.75) is 26.3 Å². The molecule has 0 saturated heterocycles. The van der Waals surface area contributed by atoms with Gasteiger partial charge in [-0.15, -0.1) is 0 Å². The van der Waals surface area contributed by atoms with Crippen molar-refractivity contribution in [2.24, 2.45) is 0 Å². The highest BCUT2D eigenvalue weighted by molar-refractivity contribution is 6.02. The van der Waals surface area contributed by atoms with Crippen molar-refractivity contribution >= 4 is 11.7 Å².